The lowest BCUT2D eigenvalue weighted by Crippen LogP contribution is -2.61. The molecular formula is C31H32Cl2FN5O4. The molecule has 1 atom stereocenters. The molecule has 1 saturated heterocycles. The molecule has 1 aromatic heterocycles. The first-order chi connectivity index (χ1) is 20.6. The van der Waals surface area contributed by atoms with Crippen LogP contribution >= 0.6 is 23.2 Å². The van der Waals surface area contributed by atoms with Crippen molar-refractivity contribution in [3.63, 3.8) is 0 Å². The molecule has 0 bridgehead atoms. The second-order valence-electron chi connectivity index (χ2n) is 10.3. The summed E-state index contributed by atoms with van der Waals surface area (Å²) in [4.78, 5) is 61.0. The molecule has 1 fully saturated rings. The monoisotopic (exact) mass is 627 g/mol. The summed E-state index contributed by atoms with van der Waals surface area (Å²) in [6, 6.07) is 15.2. The van der Waals surface area contributed by atoms with Gasteiger partial charge in [-0.05, 0) is 60.4 Å². The van der Waals surface area contributed by atoms with Crippen molar-refractivity contribution in [2.45, 2.75) is 31.7 Å². The van der Waals surface area contributed by atoms with Crippen LogP contribution in [0.4, 0.5) is 4.39 Å². The number of pyridine rings is 1. The van der Waals surface area contributed by atoms with Crippen molar-refractivity contribution < 1.29 is 23.6 Å². The van der Waals surface area contributed by atoms with Gasteiger partial charge in [-0.25, -0.2) is 4.39 Å². The van der Waals surface area contributed by atoms with Crippen molar-refractivity contribution in [3.8, 4) is 0 Å². The van der Waals surface area contributed by atoms with Crippen LogP contribution in [-0.2, 0) is 38.4 Å². The highest BCUT2D eigenvalue weighted by Crippen LogP contribution is 2.23. The Labute approximate surface area is 259 Å². The number of amides is 4. The molecule has 2 heterocycles. The van der Waals surface area contributed by atoms with Crippen molar-refractivity contribution in [3.05, 3.63) is 99.5 Å². The van der Waals surface area contributed by atoms with E-state index in [0.717, 1.165) is 16.8 Å². The van der Waals surface area contributed by atoms with E-state index in [0.29, 0.717) is 29.3 Å². The number of benzene rings is 2. The molecule has 2 N–H and O–H groups in total. The van der Waals surface area contributed by atoms with Crippen LogP contribution in [0.25, 0.3) is 0 Å². The van der Waals surface area contributed by atoms with Crippen LogP contribution < -0.4 is 5.73 Å². The molecule has 0 aliphatic carbocycles. The summed E-state index contributed by atoms with van der Waals surface area (Å²) in [5.41, 5.74) is 7.70. The molecule has 226 valence electrons. The number of primary amides is 1. The van der Waals surface area contributed by atoms with Crippen LogP contribution in [-0.4, -0.2) is 82.1 Å². The lowest BCUT2D eigenvalue weighted by atomic mass is 10.0. The smallest absolute Gasteiger partial charge is 0.246 e. The minimum absolute atomic E-state index is 0.148. The maximum Gasteiger partial charge on any atom is 0.246 e. The number of nitrogens with two attached hydrogens (primary N) is 1. The minimum atomic E-state index is -1.10. The van der Waals surface area contributed by atoms with Gasteiger partial charge in [0, 0.05) is 48.0 Å². The number of hydrogen-bond donors (Lipinski definition) is 1. The Balaban J connectivity index is 1.52. The summed E-state index contributed by atoms with van der Waals surface area (Å²) in [7, 11) is 0. The largest absolute Gasteiger partial charge is 0.368 e. The van der Waals surface area contributed by atoms with Gasteiger partial charge in [0.1, 0.15) is 11.9 Å². The van der Waals surface area contributed by atoms with Gasteiger partial charge in [0.25, 0.3) is 0 Å². The van der Waals surface area contributed by atoms with E-state index < -0.39 is 17.9 Å². The van der Waals surface area contributed by atoms with E-state index >= 15 is 0 Å². The third kappa shape index (κ3) is 8.98. The van der Waals surface area contributed by atoms with Crippen LogP contribution in [0.5, 0.6) is 0 Å². The zero-order valence-electron chi connectivity index (χ0n) is 23.4. The Bertz CT molecular complexity index is 1460. The highest BCUT2D eigenvalue weighted by molar-refractivity contribution is 6.35. The number of carbonyl (C=O) groups is 4. The van der Waals surface area contributed by atoms with E-state index in [1.165, 1.54) is 26.8 Å². The molecule has 1 unspecified atom stereocenters. The molecule has 43 heavy (non-hydrogen) atoms. The van der Waals surface area contributed by atoms with Gasteiger partial charge < -0.3 is 20.4 Å². The van der Waals surface area contributed by atoms with E-state index in [2.05, 4.69) is 4.98 Å². The van der Waals surface area contributed by atoms with Gasteiger partial charge >= 0.3 is 0 Å². The predicted octanol–water partition coefficient (Wildman–Crippen LogP) is 3.30. The fourth-order valence-electron chi connectivity index (χ4n) is 4.97. The van der Waals surface area contributed by atoms with Crippen molar-refractivity contribution in [1.82, 2.24) is 19.7 Å². The van der Waals surface area contributed by atoms with Crippen LogP contribution in [0.2, 0.25) is 10.0 Å². The molecule has 1 aliphatic rings. The lowest BCUT2D eigenvalue weighted by molar-refractivity contribution is -0.158. The van der Waals surface area contributed by atoms with Crippen molar-refractivity contribution in [2.75, 3.05) is 32.7 Å². The average Bonchev–Trinajstić information content (AvgIpc) is 2.97. The molecule has 12 heteroatoms. The minimum Gasteiger partial charge on any atom is -0.368 e. The fraction of sp³-hybridized carbons (Fsp3) is 0.323. The van der Waals surface area contributed by atoms with E-state index in [1.807, 2.05) is 6.07 Å². The second-order valence-corrected chi connectivity index (χ2v) is 11.1. The van der Waals surface area contributed by atoms with Gasteiger partial charge in [0.2, 0.25) is 23.6 Å². The first kappa shape index (κ1) is 31.9. The van der Waals surface area contributed by atoms with Crippen LogP contribution in [0.1, 0.15) is 23.2 Å². The molecule has 0 spiro atoms. The van der Waals surface area contributed by atoms with E-state index in [-0.39, 0.29) is 56.8 Å². The summed E-state index contributed by atoms with van der Waals surface area (Å²) >= 11 is 12.3. The predicted molar refractivity (Wildman–Crippen MR) is 161 cm³/mol. The fourth-order valence-corrected chi connectivity index (χ4v) is 5.47. The van der Waals surface area contributed by atoms with Crippen molar-refractivity contribution in [2.24, 2.45) is 5.73 Å². The first-order valence-electron chi connectivity index (χ1n) is 13.8. The van der Waals surface area contributed by atoms with Gasteiger partial charge in [0.05, 0.1) is 19.5 Å². The van der Waals surface area contributed by atoms with Gasteiger partial charge in [-0.3, -0.25) is 24.2 Å². The zero-order chi connectivity index (χ0) is 30.9. The third-order valence-electron chi connectivity index (χ3n) is 7.27. The number of piperazine rings is 1. The lowest BCUT2D eigenvalue weighted by Gasteiger charge is -2.40. The van der Waals surface area contributed by atoms with Crippen LogP contribution in [0, 0.1) is 5.82 Å². The average molecular weight is 629 g/mol. The molecule has 9 nitrogen and oxygen atoms in total. The normalized spacial score (nSPS) is 15.1. The number of aromatic nitrogens is 1. The Kier molecular flexibility index (Phi) is 11.1. The summed E-state index contributed by atoms with van der Waals surface area (Å²) < 4.78 is 13.4. The summed E-state index contributed by atoms with van der Waals surface area (Å²) in [5, 5.41) is 0.933. The van der Waals surface area contributed by atoms with Crippen LogP contribution in [0.3, 0.4) is 0 Å². The highest BCUT2D eigenvalue weighted by atomic mass is 35.5. The Morgan fingerprint density at radius 1 is 1.00 bits per heavy atom. The molecule has 0 saturated carbocycles. The summed E-state index contributed by atoms with van der Waals surface area (Å²) in [5.74, 6) is -2.28. The molecule has 0 radical (unpaired) electrons. The van der Waals surface area contributed by atoms with Gasteiger partial charge in [-0.1, -0.05) is 47.5 Å². The van der Waals surface area contributed by atoms with E-state index in [4.69, 9.17) is 28.9 Å². The Hall–Kier alpha value is -4.02. The molecule has 2 aromatic carbocycles. The SMILES string of the molecule is NC(=O)CN(CCc1ccccn1)C(=O)CC1C(=O)N(CCc2ccc(Cl)cc2Cl)CC(=O)N1CCc1ccc(F)cc1. The zero-order valence-corrected chi connectivity index (χ0v) is 24.9. The van der Waals surface area contributed by atoms with Crippen LogP contribution in [0.15, 0.2) is 66.9 Å². The number of nitrogens with zero attached hydrogens (tertiary/aromatic N) is 4. The first-order valence-corrected chi connectivity index (χ1v) is 14.6. The van der Waals surface area contributed by atoms with Gasteiger partial charge in [-0.2, -0.15) is 0 Å². The Morgan fingerprint density at radius 3 is 2.44 bits per heavy atom. The summed E-state index contributed by atoms with van der Waals surface area (Å²) in [6.45, 7) is 0.00156. The number of hydrogen-bond acceptors (Lipinski definition) is 5. The van der Waals surface area contributed by atoms with Gasteiger partial charge in [-0.15, -0.1) is 0 Å². The Morgan fingerprint density at radius 2 is 1.77 bits per heavy atom. The maximum absolute atomic E-state index is 13.8. The van der Waals surface area contributed by atoms with E-state index in [1.54, 1.807) is 48.7 Å². The molecule has 1 aliphatic heterocycles. The number of rotatable bonds is 13. The molecule has 4 rings (SSSR count). The highest BCUT2D eigenvalue weighted by Gasteiger charge is 2.40. The number of carbonyl (C=O) groups excluding carboxylic acids is 4. The number of halogens is 3. The third-order valence-corrected chi connectivity index (χ3v) is 7.86. The van der Waals surface area contributed by atoms with Gasteiger partial charge in [0.15, 0.2) is 0 Å². The quantitative estimate of drug-likeness (QED) is 0.312. The standard InChI is InChI=1S/C31H32Cl2FN5O4/c32-23-7-6-22(26(33)17-23)11-14-38-20-30(42)39(16-10-21-4-8-24(34)9-5-21)27(31(38)43)18-29(41)37(19-28(35)40)15-12-25-3-1-2-13-36-25/h1-9,13,17,27H,10-12,14-16,18-20H2,(H2,35,40). The van der Waals surface area contributed by atoms with E-state index in [9.17, 15) is 23.6 Å². The maximum atomic E-state index is 13.8. The van der Waals surface area contributed by atoms with Crippen molar-refractivity contribution >= 4 is 46.8 Å². The summed E-state index contributed by atoms with van der Waals surface area (Å²) in [6.07, 6.45) is 2.41. The molecular weight excluding hydrogens is 596 g/mol. The second kappa shape index (κ2) is 14.9. The topological polar surface area (TPSA) is 117 Å². The molecule has 3 aromatic rings. The van der Waals surface area contributed by atoms with Crippen molar-refractivity contribution in [1.29, 1.82) is 0 Å². The molecule has 4 amide bonds.